The summed E-state index contributed by atoms with van der Waals surface area (Å²) in [6, 6.07) is 14.3. The Balaban J connectivity index is 1.69. The number of rotatable bonds is 13. The normalized spacial score (nSPS) is 11.2. The standard InChI is InChI=1S/C24H27ClN2O6S2/c1-31-22-11-10-21(15-23(22)32-2)35(29,30)27(19-8-6-18(25)7-9-19)16-24(28)26-12-4-14-34-17-20-5-3-13-33-20/h3,5-11,13,15H,4,12,14,16-17H2,1-2H3,(H,26,28). The summed E-state index contributed by atoms with van der Waals surface area (Å²) in [5.74, 6) is 2.73. The number of methoxy groups -OCH3 is 2. The van der Waals surface area contributed by atoms with Gasteiger partial charge in [0.15, 0.2) is 11.5 Å². The van der Waals surface area contributed by atoms with Crippen molar-refractivity contribution in [2.75, 3.05) is 37.4 Å². The minimum absolute atomic E-state index is 0.0350. The Morgan fingerprint density at radius 2 is 1.83 bits per heavy atom. The van der Waals surface area contributed by atoms with Gasteiger partial charge >= 0.3 is 0 Å². The molecule has 0 unspecified atom stereocenters. The van der Waals surface area contributed by atoms with Crippen LogP contribution in [0.5, 0.6) is 11.5 Å². The van der Waals surface area contributed by atoms with Gasteiger partial charge in [0.1, 0.15) is 12.3 Å². The molecular formula is C24H27ClN2O6S2. The van der Waals surface area contributed by atoms with Crippen LogP contribution in [-0.4, -0.2) is 47.4 Å². The second-order valence-corrected chi connectivity index (χ2v) is 10.7. The molecule has 0 spiro atoms. The second kappa shape index (κ2) is 12.8. The minimum Gasteiger partial charge on any atom is -0.493 e. The molecule has 1 heterocycles. The highest BCUT2D eigenvalue weighted by atomic mass is 35.5. The molecule has 1 aromatic heterocycles. The van der Waals surface area contributed by atoms with E-state index in [1.807, 2.05) is 12.1 Å². The number of carbonyl (C=O) groups excluding carboxylic acids is 1. The Hall–Kier alpha value is -2.82. The monoisotopic (exact) mass is 538 g/mol. The van der Waals surface area contributed by atoms with Crippen molar-refractivity contribution in [2.45, 2.75) is 17.1 Å². The third kappa shape index (κ3) is 7.33. The summed E-state index contributed by atoms with van der Waals surface area (Å²) in [6.45, 7) is 0.0344. The molecular weight excluding hydrogens is 512 g/mol. The summed E-state index contributed by atoms with van der Waals surface area (Å²) >= 11 is 7.68. The SMILES string of the molecule is COc1ccc(S(=O)(=O)N(CC(=O)NCCCSCc2ccco2)c2ccc(Cl)cc2)cc1OC. The van der Waals surface area contributed by atoms with E-state index in [1.54, 1.807) is 42.3 Å². The first-order valence-corrected chi connectivity index (χ1v) is 13.7. The number of carbonyl (C=O) groups is 1. The predicted octanol–water partition coefficient (Wildman–Crippen LogP) is 4.59. The van der Waals surface area contributed by atoms with Gasteiger partial charge in [-0.25, -0.2) is 8.42 Å². The lowest BCUT2D eigenvalue weighted by Crippen LogP contribution is -2.41. The van der Waals surface area contributed by atoms with Crippen LogP contribution in [0.1, 0.15) is 12.2 Å². The molecule has 0 saturated heterocycles. The van der Waals surface area contributed by atoms with E-state index in [1.165, 1.54) is 32.4 Å². The summed E-state index contributed by atoms with van der Waals surface area (Å²) in [4.78, 5) is 12.7. The quantitative estimate of drug-likeness (QED) is 0.318. The average Bonchev–Trinajstić information content (AvgIpc) is 3.38. The molecule has 1 N–H and O–H groups in total. The van der Waals surface area contributed by atoms with E-state index in [9.17, 15) is 13.2 Å². The third-order valence-electron chi connectivity index (χ3n) is 4.96. The Labute approximate surface area is 214 Å². The molecule has 188 valence electrons. The Morgan fingerprint density at radius 3 is 2.49 bits per heavy atom. The summed E-state index contributed by atoms with van der Waals surface area (Å²) in [6.07, 6.45) is 2.37. The number of amides is 1. The fraction of sp³-hybridized carbons (Fsp3) is 0.292. The van der Waals surface area contributed by atoms with Crippen LogP contribution in [0.15, 0.2) is 70.2 Å². The molecule has 0 bridgehead atoms. The molecule has 0 saturated carbocycles. The molecule has 0 aliphatic heterocycles. The first-order chi connectivity index (χ1) is 16.8. The van der Waals surface area contributed by atoms with Gasteiger partial charge in [-0.3, -0.25) is 9.10 Å². The van der Waals surface area contributed by atoms with Crippen LogP contribution in [0.4, 0.5) is 5.69 Å². The third-order valence-corrected chi connectivity index (χ3v) is 8.04. The number of hydrogen-bond donors (Lipinski definition) is 1. The summed E-state index contributed by atoms with van der Waals surface area (Å²) in [5, 5.41) is 3.25. The number of anilines is 1. The summed E-state index contributed by atoms with van der Waals surface area (Å²) < 4.78 is 43.9. The van der Waals surface area contributed by atoms with Crippen LogP contribution < -0.4 is 19.1 Å². The molecule has 0 fully saturated rings. The highest BCUT2D eigenvalue weighted by Gasteiger charge is 2.28. The van der Waals surface area contributed by atoms with Crippen molar-refractivity contribution in [1.29, 1.82) is 0 Å². The highest BCUT2D eigenvalue weighted by Crippen LogP contribution is 2.32. The molecule has 0 atom stereocenters. The Kier molecular flexibility index (Phi) is 9.76. The Bertz CT molecular complexity index is 1200. The van der Waals surface area contributed by atoms with Gasteiger partial charge in [-0.15, -0.1) is 0 Å². The topological polar surface area (TPSA) is 98.1 Å². The van der Waals surface area contributed by atoms with Gasteiger partial charge in [-0.05, 0) is 60.7 Å². The van der Waals surface area contributed by atoms with E-state index in [4.69, 9.17) is 25.5 Å². The fourth-order valence-corrected chi connectivity index (χ4v) is 5.60. The van der Waals surface area contributed by atoms with E-state index in [-0.39, 0.29) is 10.6 Å². The van der Waals surface area contributed by atoms with Gasteiger partial charge in [-0.2, -0.15) is 11.8 Å². The van der Waals surface area contributed by atoms with Crippen molar-refractivity contribution in [2.24, 2.45) is 0 Å². The van der Waals surface area contributed by atoms with Crippen LogP contribution in [0.2, 0.25) is 5.02 Å². The van der Waals surface area contributed by atoms with Crippen LogP contribution in [0, 0.1) is 0 Å². The lowest BCUT2D eigenvalue weighted by atomic mass is 10.3. The van der Waals surface area contributed by atoms with Gasteiger partial charge in [0.25, 0.3) is 10.0 Å². The second-order valence-electron chi connectivity index (χ2n) is 7.34. The molecule has 3 aromatic rings. The molecule has 3 rings (SSSR count). The number of hydrogen-bond acceptors (Lipinski definition) is 7. The zero-order valence-corrected chi connectivity index (χ0v) is 21.8. The van der Waals surface area contributed by atoms with Gasteiger partial charge < -0.3 is 19.2 Å². The van der Waals surface area contributed by atoms with Crippen molar-refractivity contribution >= 4 is 45.0 Å². The zero-order valence-electron chi connectivity index (χ0n) is 19.4. The largest absolute Gasteiger partial charge is 0.493 e. The molecule has 1 amide bonds. The first-order valence-electron chi connectivity index (χ1n) is 10.7. The van der Waals surface area contributed by atoms with Gasteiger partial charge in [0.2, 0.25) is 5.91 Å². The molecule has 8 nitrogen and oxygen atoms in total. The number of furan rings is 1. The lowest BCUT2D eigenvalue weighted by molar-refractivity contribution is -0.119. The van der Waals surface area contributed by atoms with Gasteiger partial charge in [0.05, 0.1) is 36.8 Å². The number of nitrogens with zero attached hydrogens (tertiary/aromatic N) is 1. The highest BCUT2D eigenvalue weighted by molar-refractivity contribution is 7.98. The molecule has 11 heteroatoms. The van der Waals surface area contributed by atoms with E-state index < -0.39 is 22.5 Å². The van der Waals surface area contributed by atoms with Crippen LogP contribution in [-0.2, 0) is 20.6 Å². The number of sulfonamides is 1. The predicted molar refractivity (Wildman–Crippen MR) is 138 cm³/mol. The Morgan fingerprint density at radius 1 is 1.09 bits per heavy atom. The number of benzene rings is 2. The summed E-state index contributed by atoms with van der Waals surface area (Å²) in [7, 11) is -1.22. The number of ether oxygens (including phenoxy) is 2. The van der Waals surface area contributed by atoms with Crippen molar-refractivity contribution in [3.8, 4) is 11.5 Å². The fourth-order valence-electron chi connectivity index (χ4n) is 3.18. The molecule has 2 aromatic carbocycles. The van der Waals surface area contributed by atoms with Crippen molar-refractivity contribution in [3.63, 3.8) is 0 Å². The van der Waals surface area contributed by atoms with Gasteiger partial charge in [0, 0.05) is 17.6 Å². The van der Waals surface area contributed by atoms with Crippen molar-refractivity contribution in [1.82, 2.24) is 5.32 Å². The smallest absolute Gasteiger partial charge is 0.264 e. The average molecular weight is 539 g/mol. The van der Waals surface area contributed by atoms with E-state index in [0.29, 0.717) is 23.0 Å². The first kappa shape index (κ1) is 26.8. The van der Waals surface area contributed by atoms with Crippen molar-refractivity contribution < 1.29 is 27.1 Å². The number of thioether (sulfide) groups is 1. The maximum Gasteiger partial charge on any atom is 0.264 e. The molecule has 35 heavy (non-hydrogen) atoms. The maximum absolute atomic E-state index is 13.6. The van der Waals surface area contributed by atoms with E-state index >= 15 is 0 Å². The van der Waals surface area contributed by atoms with Crippen LogP contribution >= 0.6 is 23.4 Å². The molecule has 0 aliphatic carbocycles. The van der Waals surface area contributed by atoms with E-state index in [0.717, 1.165) is 28.0 Å². The minimum atomic E-state index is -4.10. The number of halogens is 1. The summed E-state index contributed by atoms with van der Waals surface area (Å²) in [5.41, 5.74) is 0.313. The van der Waals surface area contributed by atoms with Crippen LogP contribution in [0.25, 0.3) is 0 Å². The van der Waals surface area contributed by atoms with Crippen LogP contribution in [0.3, 0.4) is 0 Å². The van der Waals surface area contributed by atoms with Crippen molar-refractivity contribution in [3.05, 3.63) is 71.6 Å². The maximum atomic E-state index is 13.6. The lowest BCUT2D eigenvalue weighted by Gasteiger charge is -2.24. The van der Waals surface area contributed by atoms with Gasteiger partial charge in [-0.1, -0.05) is 11.6 Å². The zero-order chi connectivity index (χ0) is 25.3. The van der Waals surface area contributed by atoms with E-state index in [2.05, 4.69) is 5.32 Å². The molecule has 0 radical (unpaired) electrons. The molecule has 0 aliphatic rings. The number of nitrogens with one attached hydrogen (secondary N) is 1.